The average molecular weight is 365 g/mol. The molecule has 3 rings (SSSR count). The van der Waals surface area contributed by atoms with E-state index in [1.54, 1.807) is 66.5 Å². The Kier molecular flexibility index (Phi) is 5.61. The lowest BCUT2D eigenvalue weighted by molar-refractivity contribution is 0.0318. The van der Waals surface area contributed by atoms with Crippen molar-refractivity contribution in [2.24, 2.45) is 0 Å². The van der Waals surface area contributed by atoms with Crippen LogP contribution in [0, 0.1) is 0 Å². The first-order valence-electron chi connectivity index (χ1n) is 8.52. The van der Waals surface area contributed by atoms with Crippen molar-refractivity contribution in [2.75, 3.05) is 6.61 Å². The summed E-state index contributed by atoms with van der Waals surface area (Å²) in [5, 5.41) is 4.07. The van der Waals surface area contributed by atoms with E-state index in [2.05, 4.69) is 10.1 Å². The van der Waals surface area contributed by atoms with Crippen LogP contribution >= 0.6 is 0 Å². The van der Waals surface area contributed by atoms with E-state index in [1.807, 2.05) is 6.92 Å². The molecular weight excluding hydrogens is 346 g/mol. The van der Waals surface area contributed by atoms with Gasteiger partial charge in [-0.2, -0.15) is 5.10 Å². The monoisotopic (exact) mass is 365 g/mol. The minimum Gasteiger partial charge on any atom is -0.494 e. The average Bonchev–Trinajstić information content (AvgIpc) is 3.23. The number of aromatic nitrogens is 3. The molecule has 0 N–H and O–H groups in total. The van der Waals surface area contributed by atoms with E-state index in [-0.39, 0.29) is 11.3 Å². The number of carbonyl (C=O) groups is 2. The van der Waals surface area contributed by atoms with Gasteiger partial charge in [0.05, 0.1) is 12.2 Å². The molecule has 0 aliphatic rings. The zero-order chi connectivity index (χ0) is 19.2. The van der Waals surface area contributed by atoms with Crippen LogP contribution in [0.3, 0.4) is 0 Å². The summed E-state index contributed by atoms with van der Waals surface area (Å²) >= 11 is 0. The molecular formula is C20H19N3O4. The molecule has 0 aliphatic heterocycles. The molecule has 0 amide bonds. The zero-order valence-electron chi connectivity index (χ0n) is 15.0. The molecule has 2 aromatic heterocycles. The maximum Gasteiger partial charge on any atom is 0.340 e. The fraction of sp³-hybridized carbons (Fsp3) is 0.200. The minimum absolute atomic E-state index is 0.261. The number of Topliss-reactive ketones (excluding diaryl/α,β-unsaturated/α-hetero) is 1. The molecule has 2 heterocycles. The smallest absolute Gasteiger partial charge is 0.340 e. The third kappa shape index (κ3) is 4.38. The molecule has 0 unspecified atom stereocenters. The van der Waals surface area contributed by atoms with E-state index < -0.39 is 12.1 Å². The predicted molar refractivity (Wildman–Crippen MR) is 98.2 cm³/mol. The molecule has 0 fully saturated rings. The summed E-state index contributed by atoms with van der Waals surface area (Å²) in [6.45, 7) is 3.98. The maximum absolute atomic E-state index is 12.4. The molecule has 1 aromatic carbocycles. The van der Waals surface area contributed by atoms with Crippen molar-refractivity contribution in [1.82, 2.24) is 14.8 Å². The van der Waals surface area contributed by atoms with Crippen LogP contribution in [0.15, 0.2) is 61.1 Å². The zero-order valence-corrected chi connectivity index (χ0v) is 15.0. The number of rotatable bonds is 7. The Morgan fingerprint density at radius 3 is 2.44 bits per heavy atom. The second-order valence-corrected chi connectivity index (χ2v) is 5.72. The summed E-state index contributed by atoms with van der Waals surface area (Å²) in [6, 6.07) is 11.7. The van der Waals surface area contributed by atoms with E-state index in [9.17, 15) is 9.59 Å². The number of pyridine rings is 1. The van der Waals surface area contributed by atoms with Crippen LogP contribution in [0.25, 0.3) is 5.82 Å². The van der Waals surface area contributed by atoms with Gasteiger partial charge < -0.3 is 9.47 Å². The highest BCUT2D eigenvalue weighted by Gasteiger charge is 2.20. The quantitative estimate of drug-likeness (QED) is 0.473. The molecule has 0 bridgehead atoms. The van der Waals surface area contributed by atoms with Crippen LogP contribution in [0.1, 0.15) is 34.6 Å². The van der Waals surface area contributed by atoms with Crippen LogP contribution in [-0.4, -0.2) is 39.2 Å². The van der Waals surface area contributed by atoms with Gasteiger partial charge in [-0.1, -0.05) is 0 Å². The van der Waals surface area contributed by atoms with E-state index in [0.717, 1.165) is 0 Å². The molecule has 0 radical (unpaired) electrons. The van der Waals surface area contributed by atoms with Crippen molar-refractivity contribution in [1.29, 1.82) is 0 Å². The summed E-state index contributed by atoms with van der Waals surface area (Å²) in [7, 11) is 0. The molecule has 7 nitrogen and oxygen atoms in total. The summed E-state index contributed by atoms with van der Waals surface area (Å²) in [5.41, 5.74) is 0.711. The second kappa shape index (κ2) is 8.27. The van der Waals surface area contributed by atoms with Crippen molar-refractivity contribution in [3.8, 4) is 11.6 Å². The van der Waals surface area contributed by atoms with Gasteiger partial charge in [-0.05, 0) is 56.3 Å². The van der Waals surface area contributed by atoms with Crippen molar-refractivity contribution >= 4 is 11.8 Å². The van der Waals surface area contributed by atoms with Gasteiger partial charge in [-0.25, -0.2) is 14.5 Å². The maximum atomic E-state index is 12.4. The van der Waals surface area contributed by atoms with E-state index in [1.165, 1.54) is 6.20 Å². The first-order chi connectivity index (χ1) is 13.1. The normalized spacial score (nSPS) is 11.6. The van der Waals surface area contributed by atoms with Crippen molar-refractivity contribution < 1.29 is 19.1 Å². The fourth-order valence-corrected chi connectivity index (χ4v) is 2.45. The number of ketones is 1. The Hall–Kier alpha value is -3.48. The number of hydrogen-bond donors (Lipinski definition) is 0. The molecule has 27 heavy (non-hydrogen) atoms. The number of carbonyl (C=O) groups excluding carboxylic acids is 2. The Balaban J connectivity index is 1.63. The van der Waals surface area contributed by atoms with Crippen LogP contribution in [0.2, 0.25) is 0 Å². The third-order valence-electron chi connectivity index (χ3n) is 3.83. The first kappa shape index (κ1) is 18.3. The minimum atomic E-state index is -0.916. The predicted octanol–water partition coefficient (Wildman–Crippen LogP) is 3.09. The van der Waals surface area contributed by atoms with Gasteiger partial charge in [0.1, 0.15) is 5.75 Å². The van der Waals surface area contributed by atoms with Gasteiger partial charge in [0, 0.05) is 24.2 Å². The highest BCUT2D eigenvalue weighted by molar-refractivity contribution is 6.01. The SMILES string of the molecule is CCOc1ccc(C(=O)[C@@H](C)OC(=O)c2ccc(-n3cccn3)nc2)cc1. The standard InChI is InChI=1S/C20H19N3O4/c1-3-26-17-8-5-15(6-9-17)19(24)14(2)27-20(25)16-7-10-18(21-13-16)23-12-4-11-22-23/h4-14H,3H2,1-2H3/t14-/m1/s1. The number of hydrogen-bond acceptors (Lipinski definition) is 6. The Bertz CT molecular complexity index is 903. The summed E-state index contributed by atoms with van der Waals surface area (Å²) in [5.74, 6) is 0.367. The van der Waals surface area contributed by atoms with Crippen LogP contribution in [0.4, 0.5) is 0 Å². The van der Waals surface area contributed by atoms with Crippen LogP contribution in [-0.2, 0) is 4.74 Å². The molecule has 3 aromatic rings. The summed E-state index contributed by atoms with van der Waals surface area (Å²) in [6.07, 6.45) is 3.87. The second-order valence-electron chi connectivity index (χ2n) is 5.72. The fourth-order valence-electron chi connectivity index (χ4n) is 2.45. The lowest BCUT2D eigenvalue weighted by atomic mass is 10.1. The number of nitrogens with zero attached hydrogens (tertiary/aromatic N) is 3. The highest BCUT2D eigenvalue weighted by atomic mass is 16.5. The Labute approximate surface area is 156 Å². The van der Waals surface area contributed by atoms with E-state index in [0.29, 0.717) is 23.7 Å². The molecule has 0 aliphatic carbocycles. The topological polar surface area (TPSA) is 83.3 Å². The van der Waals surface area contributed by atoms with Gasteiger partial charge in [0.2, 0.25) is 5.78 Å². The van der Waals surface area contributed by atoms with Gasteiger partial charge in [-0.15, -0.1) is 0 Å². The highest BCUT2D eigenvalue weighted by Crippen LogP contribution is 2.15. The van der Waals surface area contributed by atoms with Gasteiger partial charge in [0.15, 0.2) is 11.9 Å². The van der Waals surface area contributed by atoms with Crippen LogP contribution in [0.5, 0.6) is 5.75 Å². The lowest BCUT2D eigenvalue weighted by Gasteiger charge is -2.13. The Morgan fingerprint density at radius 1 is 1.11 bits per heavy atom. The molecule has 0 spiro atoms. The van der Waals surface area contributed by atoms with Crippen LogP contribution < -0.4 is 4.74 Å². The van der Waals surface area contributed by atoms with Crippen molar-refractivity contribution in [3.05, 3.63) is 72.2 Å². The van der Waals surface area contributed by atoms with Crippen molar-refractivity contribution in [3.63, 3.8) is 0 Å². The van der Waals surface area contributed by atoms with Gasteiger partial charge >= 0.3 is 5.97 Å². The van der Waals surface area contributed by atoms with Gasteiger partial charge in [-0.3, -0.25) is 4.79 Å². The van der Waals surface area contributed by atoms with E-state index >= 15 is 0 Å². The molecule has 7 heteroatoms. The van der Waals surface area contributed by atoms with Gasteiger partial charge in [0.25, 0.3) is 0 Å². The third-order valence-corrected chi connectivity index (χ3v) is 3.83. The lowest BCUT2D eigenvalue weighted by Crippen LogP contribution is -2.24. The number of esters is 1. The molecule has 0 saturated carbocycles. The molecule has 1 atom stereocenters. The van der Waals surface area contributed by atoms with E-state index in [4.69, 9.17) is 9.47 Å². The Morgan fingerprint density at radius 2 is 1.85 bits per heavy atom. The van der Waals surface area contributed by atoms with Crippen molar-refractivity contribution in [2.45, 2.75) is 20.0 Å². The molecule has 0 saturated heterocycles. The molecule has 138 valence electrons. The summed E-state index contributed by atoms with van der Waals surface area (Å²) < 4.78 is 12.2. The largest absolute Gasteiger partial charge is 0.494 e. The number of benzene rings is 1. The first-order valence-corrected chi connectivity index (χ1v) is 8.52. The summed E-state index contributed by atoms with van der Waals surface area (Å²) in [4.78, 5) is 28.9. The number of ether oxygens (including phenoxy) is 2.